The molecule has 0 saturated carbocycles. The van der Waals surface area contributed by atoms with Gasteiger partial charge in [0.25, 0.3) is 5.91 Å². The van der Waals surface area contributed by atoms with Crippen LogP contribution in [-0.2, 0) is 6.54 Å². The van der Waals surface area contributed by atoms with E-state index in [-0.39, 0.29) is 5.91 Å². The molecule has 112 valence electrons. The topological polar surface area (TPSA) is 65.1 Å². The number of amides is 1. The quantitative estimate of drug-likeness (QED) is 0.870. The van der Waals surface area contributed by atoms with Crippen molar-refractivity contribution in [2.75, 3.05) is 27.2 Å². The third-order valence-electron chi connectivity index (χ3n) is 3.26. The van der Waals surface area contributed by atoms with Gasteiger partial charge in [-0.3, -0.25) is 14.9 Å². The lowest BCUT2D eigenvalue weighted by Crippen LogP contribution is -2.36. The number of carbonyl (C=O) groups excluding carboxylic acids is 1. The highest BCUT2D eigenvalue weighted by atomic mass is 16.2. The van der Waals surface area contributed by atoms with E-state index >= 15 is 0 Å². The summed E-state index contributed by atoms with van der Waals surface area (Å²) in [5.41, 5.74) is 2.43. The van der Waals surface area contributed by atoms with Crippen molar-refractivity contribution < 1.29 is 4.79 Å². The molecule has 0 aliphatic carbocycles. The lowest BCUT2D eigenvalue weighted by Gasteiger charge is -2.24. The molecule has 6 nitrogen and oxygen atoms in total. The van der Waals surface area contributed by atoms with Crippen LogP contribution in [0.2, 0.25) is 0 Å². The van der Waals surface area contributed by atoms with Crippen LogP contribution in [-0.4, -0.2) is 58.1 Å². The van der Waals surface area contributed by atoms with Gasteiger partial charge in [-0.2, -0.15) is 5.10 Å². The zero-order chi connectivity index (χ0) is 15.2. The standard InChI is InChI=1S/C15H21N5O/c1-12-14(10-17-18-12)15(21)20(8-7-19(2)3)11-13-5-4-6-16-9-13/h4-6,9-10H,7-8,11H2,1-3H3,(H,17,18). The molecule has 0 aromatic carbocycles. The summed E-state index contributed by atoms with van der Waals surface area (Å²) in [6.45, 7) is 3.87. The summed E-state index contributed by atoms with van der Waals surface area (Å²) >= 11 is 0. The number of aryl methyl sites for hydroxylation is 1. The summed E-state index contributed by atoms with van der Waals surface area (Å²) in [5.74, 6) is -0.00745. The monoisotopic (exact) mass is 287 g/mol. The first kappa shape index (κ1) is 15.2. The number of hydrogen-bond acceptors (Lipinski definition) is 4. The Balaban J connectivity index is 2.15. The Labute approximate surface area is 124 Å². The second-order valence-corrected chi connectivity index (χ2v) is 5.30. The molecule has 1 N–H and O–H groups in total. The minimum Gasteiger partial charge on any atom is -0.333 e. The van der Waals surface area contributed by atoms with Gasteiger partial charge >= 0.3 is 0 Å². The van der Waals surface area contributed by atoms with E-state index in [9.17, 15) is 4.79 Å². The molecule has 0 aliphatic rings. The maximum atomic E-state index is 12.7. The zero-order valence-corrected chi connectivity index (χ0v) is 12.7. The summed E-state index contributed by atoms with van der Waals surface area (Å²) in [4.78, 5) is 20.7. The number of hydrogen-bond donors (Lipinski definition) is 1. The number of pyridine rings is 1. The number of aromatic amines is 1. The van der Waals surface area contributed by atoms with Gasteiger partial charge < -0.3 is 9.80 Å². The number of nitrogens with zero attached hydrogens (tertiary/aromatic N) is 4. The minimum atomic E-state index is -0.00745. The molecule has 0 bridgehead atoms. The van der Waals surface area contributed by atoms with Crippen molar-refractivity contribution in [3.8, 4) is 0 Å². The molecule has 2 rings (SSSR count). The Morgan fingerprint density at radius 3 is 2.67 bits per heavy atom. The summed E-state index contributed by atoms with van der Waals surface area (Å²) in [6, 6.07) is 3.86. The third-order valence-corrected chi connectivity index (χ3v) is 3.26. The lowest BCUT2D eigenvalue weighted by atomic mass is 10.2. The number of H-pyrrole nitrogens is 1. The van der Waals surface area contributed by atoms with Crippen LogP contribution in [0.25, 0.3) is 0 Å². The Morgan fingerprint density at radius 2 is 2.10 bits per heavy atom. The SMILES string of the molecule is Cc1[nH]ncc1C(=O)N(CCN(C)C)Cc1cccnc1. The smallest absolute Gasteiger partial charge is 0.257 e. The Morgan fingerprint density at radius 1 is 1.29 bits per heavy atom. The number of carbonyl (C=O) groups is 1. The molecule has 0 radical (unpaired) electrons. The maximum absolute atomic E-state index is 12.7. The van der Waals surface area contributed by atoms with E-state index in [1.54, 1.807) is 18.6 Å². The Kier molecular flexibility index (Phi) is 5.05. The predicted molar refractivity (Wildman–Crippen MR) is 80.9 cm³/mol. The van der Waals surface area contributed by atoms with Gasteiger partial charge in [-0.25, -0.2) is 0 Å². The van der Waals surface area contributed by atoms with Gasteiger partial charge in [-0.05, 0) is 32.6 Å². The molecule has 6 heteroatoms. The van der Waals surface area contributed by atoms with Crippen LogP contribution in [0, 0.1) is 6.92 Å². The predicted octanol–water partition coefficient (Wildman–Crippen LogP) is 1.32. The number of likely N-dealkylation sites (N-methyl/N-ethyl adjacent to an activating group) is 1. The molecule has 2 aromatic rings. The van der Waals surface area contributed by atoms with Crippen LogP contribution in [0.15, 0.2) is 30.7 Å². The third kappa shape index (κ3) is 4.13. The van der Waals surface area contributed by atoms with E-state index in [1.165, 1.54) is 0 Å². The van der Waals surface area contributed by atoms with E-state index in [4.69, 9.17) is 0 Å². The van der Waals surface area contributed by atoms with E-state index in [2.05, 4.69) is 20.1 Å². The van der Waals surface area contributed by atoms with Crippen molar-refractivity contribution in [2.24, 2.45) is 0 Å². The average Bonchev–Trinajstić information content (AvgIpc) is 2.90. The molecule has 21 heavy (non-hydrogen) atoms. The largest absolute Gasteiger partial charge is 0.333 e. The van der Waals surface area contributed by atoms with Crippen molar-refractivity contribution >= 4 is 5.91 Å². The zero-order valence-electron chi connectivity index (χ0n) is 12.7. The molecule has 0 fully saturated rings. The van der Waals surface area contributed by atoms with E-state index in [0.717, 1.165) is 17.8 Å². The van der Waals surface area contributed by atoms with Gasteiger partial charge in [-0.1, -0.05) is 6.07 Å². The molecular formula is C15H21N5O. The molecule has 0 spiro atoms. The fourth-order valence-electron chi connectivity index (χ4n) is 2.02. The lowest BCUT2D eigenvalue weighted by molar-refractivity contribution is 0.0731. The fourth-order valence-corrected chi connectivity index (χ4v) is 2.02. The average molecular weight is 287 g/mol. The van der Waals surface area contributed by atoms with Crippen molar-refractivity contribution in [2.45, 2.75) is 13.5 Å². The van der Waals surface area contributed by atoms with Crippen molar-refractivity contribution in [1.29, 1.82) is 0 Å². The van der Waals surface area contributed by atoms with Crippen molar-refractivity contribution in [3.63, 3.8) is 0 Å². The molecule has 0 aliphatic heterocycles. The van der Waals surface area contributed by atoms with Crippen LogP contribution >= 0.6 is 0 Å². The van der Waals surface area contributed by atoms with Crippen molar-refractivity contribution in [3.05, 3.63) is 47.5 Å². The van der Waals surface area contributed by atoms with E-state index in [0.29, 0.717) is 18.7 Å². The molecular weight excluding hydrogens is 266 g/mol. The van der Waals surface area contributed by atoms with Gasteiger partial charge in [0, 0.05) is 37.7 Å². The van der Waals surface area contributed by atoms with Crippen LogP contribution in [0.1, 0.15) is 21.6 Å². The second-order valence-electron chi connectivity index (χ2n) is 5.30. The summed E-state index contributed by atoms with van der Waals surface area (Å²) in [7, 11) is 3.99. The highest BCUT2D eigenvalue weighted by Crippen LogP contribution is 2.11. The second kappa shape index (κ2) is 6.99. The first-order chi connectivity index (χ1) is 10.1. The summed E-state index contributed by atoms with van der Waals surface area (Å²) in [5, 5.41) is 6.75. The molecule has 2 aromatic heterocycles. The normalized spacial score (nSPS) is 10.9. The summed E-state index contributed by atoms with van der Waals surface area (Å²) in [6.07, 6.45) is 5.11. The van der Waals surface area contributed by atoms with E-state index < -0.39 is 0 Å². The summed E-state index contributed by atoms with van der Waals surface area (Å²) < 4.78 is 0. The maximum Gasteiger partial charge on any atom is 0.257 e. The fraction of sp³-hybridized carbons (Fsp3) is 0.400. The molecule has 0 atom stereocenters. The van der Waals surface area contributed by atoms with Crippen molar-refractivity contribution in [1.82, 2.24) is 25.0 Å². The van der Waals surface area contributed by atoms with Crippen LogP contribution in [0.5, 0.6) is 0 Å². The van der Waals surface area contributed by atoms with Gasteiger partial charge in [0.2, 0.25) is 0 Å². The van der Waals surface area contributed by atoms with Gasteiger partial charge in [-0.15, -0.1) is 0 Å². The molecule has 0 unspecified atom stereocenters. The van der Waals surface area contributed by atoms with E-state index in [1.807, 2.05) is 38.1 Å². The van der Waals surface area contributed by atoms with Crippen LogP contribution in [0.4, 0.5) is 0 Å². The number of nitrogens with one attached hydrogen (secondary N) is 1. The Hall–Kier alpha value is -2.21. The highest BCUT2D eigenvalue weighted by molar-refractivity contribution is 5.95. The van der Waals surface area contributed by atoms with Crippen LogP contribution in [0.3, 0.4) is 0 Å². The molecule has 1 amide bonds. The minimum absolute atomic E-state index is 0.00745. The first-order valence-electron chi connectivity index (χ1n) is 6.91. The van der Waals surface area contributed by atoms with Gasteiger partial charge in [0.05, 0.1) is 11.8 Å². The Bertz CT molecular complexity index is 579. The number of aromatic nitrogens is 3. The van der Waals surface area contributed by atoms with Gasteiger partial charge in [0.15, 0.2) is 0 Å². The molecule has 0 saturated heterocycles. The number of rotatable bonds is 6. The molecule has 2 heterocycles. The van der Waals surface area contributed by atoms with Crippen LogP contribution < -0.4 is 0 Å². The highest BCUT2D eigenvalue weighted by Gasteiger charge is 2.19. The first-order valence-corrected chi connectivity index (χ1v) is 6.91. The van der Waals surface area contributed by atoms with Gasteiger partial charge in [0.1, 0.15) is 0 Å².